The van der Waals surface area contributed by atoms with Crippen molar-refractivity contribution in [3.05, 3.63) is 24.2 Å². The Balaban J connectivity index is 2.57. The van der Waals surface area contributed by atoms with E-state index in [1.54, 1.807) is 12.1 Å². The fourth-order valence-electron chi connectivity index (χ4n) is 0.771. The molecule has 0 bridgehead atoms. The van der Waals surface area contributed by atoms with Gasteiger partial charge in [0.1, 0.15) is 0 Å². The van der Waals surface area contributed by atoms with E-state index in [0.29, 0.717) is 11.5 Å². The highest BCUT2D eigenvalue weighted by Gasteiger charge is 2.15. The van der Waals surface area contributed by atoms with Gasteiger partial charge in [-0.15, -0.1) is 0 Å². The molecule has 0 unspecified atom stereocenters. The highest BCUT2D eigenvalue weighted by molar-refractivity contribution is 7.96. The number of carbonyl (C=O) groups is 1. The number of Topliss-reactive ketones (excluding diaryl/α,β-unsaturated/α-hetero) is 1. The molecule has 3 heteroatoms. The molecule has 0 aliphatic rings. The molecule has 1 rings (SSSR count). The molecular formula is C8H11O2S+. The van der Waals surface area contributed by atoms with Crippen molar-refractivity contribution in [3.8, 4) is 0 Å². The molecule has 60 valence electrons. The van der Waals surface area contributed by atoms with Gasteiger partial charge in [0, 0.05) is 0 Å². The summed E-state index contributed by atoms with van der Waals surface area (Å²) in [5, 5.41) is 0. The molecule has 0 saturated carbocycles. The van der Waals surface area contributed by atoms with Crippen LogP contribution in [0.5, 0.6) is 0 Å². The fourth-order valence-corrected chi connectivity index (χ4v) is 1.44. The number of ketones is 1. The van der Waals surface area contributed by atoms with Crippen molar-refractivity contribution in [1.82, 2.24) is 0 Å². The zero-order valence-electron chi connectivity index (χ0n) is 6.66. The van der Waals surface area contributed by atoms with E-state index in [1.165, 1.54) is 6.26 Å². The van der Waals surface area contributed by atoms with E-state index in [4.69, 9.17) is 4.42 Å². The third kappa shape index (κ3) is 2.42. The first-order valence-electron chi connectivity index (χ1n) is 3.31. The highest BCUT2D eigenvalue weighted by atomic mass is 32.2. The minimum Gasteiger partial charge on any atom is -0.461 e. The molecule has 2 nitrogen and oxygen atoms in total. The van der Waals surface area contributed by atoms with Crippen molar-refractivity contribution in [3.63, 3.8) is 0 Å². The van der Waals surface area contributed by atoms with Gasteiger partial charge in [0.2, 0.25) is 5.78 Å². The SMILES string of the molecule is C[S+](C)CC(=O)c1ccco1. The average molecular weight is 171 g/mol. The van der Waals surface area contributed by atoms with Crippen molar-refractivity contribution in [2.75, 3.05) is 18.3 Å². The van der Waals surface area contributed by atoms with Gasteiger partial charge in [-0.3, -0.25) is 4.79 Å². The summed E-state index contributed by atoms with van der Waals surface area (Å²) in [5.74, 6) is 1.17. The van der Waals surface area contributed by atoms with Gasteiger partial charge in [0.25, 0.3) is 0 Å². The fraction of sp³-hybridized carbons (Fsp3) is 0.375. The van der Waals surface area contributed by atoms with E-state index in [2.05, 4.69) is 0 Å². The molecule has 0 spiro atoms. The Kier molecular flexibility index (Phi) is 2.76. The molecule has 1 aromatic rings. The number of hydrogen-bond donors (Lipinski definition) is 0. The zero-order valence-corrected chi connectivity index (χ0v) is 7.48. The lowest BCUT2D eigenvalue weighted by Crippen LogP contribution is -2.12. The van der Waals surface area contributed by atoms with Gasteiger partial charge in [0.15, 0.2) is 11.5 Å². The standard InChI is InChI=1S/C8H11O2S/c1-11(2)6-7(9)8-4-3-5-10-8/h3-5H,6H2,1-2H3/q+1. The van der Waals surface area contributed by atoms with Crippen LogP contribution in [-0.2, 0) is 10.9 Å². The van der Waals surface area contributed by atoms with Crippen LogP contribution >= 0.6 is 0 Å². The van der Waals surface area contributed by atoms with Gasteiger partial charge in [-0.05, 0) is 23.0 Å². The number of carbonyl (C=O) groups excluding carboxylic acids is 1. The maximum Gasteiger partial charge on any atom is 0.246 e. The normalized spacial score (nSPS) is 10.5. The maximum atomic E-state index is 11.2. The van der Waals surface area contributed by atoms with Crippen molar-refractivity contribution in [2.45, 2.75) is 0 Å². The van der Waals surface area contributed by atoms with Crippen LogP contribution in [0.4, 0.5) is 0 Å². The monoisotopic (exact) mass is 171 g/mol. The molecule has 1 heterocycles. The van der Waals surface area contributed by atoms with E-state index in [1.807, 2.05) is 12.5 Å². The second kappa shape index (κ2) is 3.62. The first kappa shape index (κ1) is 8.40. The summed E-state index contributed by atoms with van der Waals surface area (Å²) in [5.41, 5.74) is 0. The lowest BCUT2D eigenvalue weighted by molar-refractivity contribution is 0.0992. The quantitative estimate of drug-likeness (QED) is 0.507. The highest BCUT2D eigenvalue weighted by Crippen LogP contribution is 2.02. The molecule has 0 aromatic carbocycles. The molecule has 0 aliphatic carbocycles. The second-order valence-corrected chi connectivity index (χ2v) is 4.79. The van der Waals surface area contributed by atoms with Crippen LogP contribution in [0.2, 0.25) is 0 Å². The summed E-state index contributed by atoms with van der Waals surface area (Å²) in [6.45, 7) is 0. The van der Waals surface area contributed by atoms with Crippen LogP contribution in [0.25, 0.3) is 0 Å². The van der Waals surface area contributed by atoms with Crippen LogP contribution in [0.15, 0.2) is 22.8 Å². The predicted octanol–water partition coefficient (Wildman–Crippen LogP) is 1.34. The lowest BCUT2D eigenvalue weighted by Gasteiger charge is -1.92. The third-order valence-corrected chi connectivity index (χ3v) is 2.06. The first-order chi connectivity index (χ1) is 5.20. The number of rotatable bonds is 3. The van der Waals surface area contributed by atoms with Gasteiger partial charge in [-0.2, -0.15) is 0 Å². The summed E-state index contributed by atoms with van der Waals surface area (Å²) >= 11 is 0. The molecule has 0 radical (unpaired) electrons. The van der Waals surface area contributed by atoms with Crippen LogP contribution in [-0.4, -0.2) is 24.0 Å². The second-order valence-electron chi connectivity index (χ2n) is 2.53. The molecular weight excluding hydrogens is 160 g/mol. The Morgan fingerprint density at radius 3 is 2.82 bits per heavy atom. The summed E-state index contributed by atoms with van der Waals surface area (Å²) in [6, 6.07) is 3.44. The lowest BCUT2D eigenvalue weighted by atomic mass is 10.3. The summed E-state index contributed by atoms with van der Waals surface area (Å²) in [7, 11) is 0.160. The van der Waals surface area contributed by atoms with Gasteiger partial charge < -0.3 is 4.42 Å². The van der Waals surface area contributed by atoms with Crippen LogP contribution in [0.3, 0.4) is 0 Å². The third-order valence-electron chi connectivity index (χ3n) is 1.22. The summed E-state index contributed by atoms with van der Waals surface area (Å²) in [4.78, 5) is 11.2. The Bertz CT molecular complexity index is 226. The minimum absolute atomic E-state index is 0.100. The van der Waals surface area contributed by atoms with Gasteiger partial charge in [0.05, 0.1) is 18.8 Å². The predicted molar refractivity (Wildman–Crippen MR) is 47.1 cm³/mol. The van der Waals surface area contributed by atoms with E-state index >= 15 is 0 Å². The Morgan fingerprint density at radius 2 is 2.36 bits per heavy atom. The molecule has 1 aromatic heterocycles. The van der Waals surface area contributed by atoms with E-state index in [0.717, 1.165) is 0 Å². The minimum atomic E-state index is 0.100. The summed E-state index contributed by atoms with van der Waals surface area (Å²) in [6.07, 6.45) is 5.61. The summed E-state index contributed by atoms with van der Waals surface area (Å²) < 4.78 is 4.95. The van der Waals surface area contributed by atoms with Crippen molar-refractivity contribution in [2.24, 2.45) is 0 Å². The first-order valence-corrected chi connectivity index (χ1v) is 5.52. The van der Waals surface area contributed by atoms with E-state index in [-0.39, 0.29) is 16.7 Å². The van der Waals surface area contributed by atoms with Crippen molar-refractivity contribution < 1.29 is 9.21 Å². The topological polar surface area (TPSA) is 30.2 Å². The molecule has 0 N–H and O–H groups in total. The maximum absolute atomic E-state index is 11.2. The molecule has 0 amide bonds. The van der Waals surface area contributed by atoms with E-state index < -0.39 is 0 Å². The van der Waals surface area contributed by atoms with Crippen LogP contribution < -0.4 is 0 Å². The smallest absolute Gasteiger partial charge is 0.246 e. The number of hydrogen-bond acceptors (Lipinski definition) is 2. The van der Waals surface area contributed by atoms with E-state index in [9.17, 15) is 4.79 Å². The zero-order chi connectivity index (χ0) is 8.27. The Morgan fingerprint density at radius 1 is 1.64 bits per heavy atom. The number of furan rings is 1. The van der Waals surface area contributed by atoms with Gasteiger partial charge >= 0.3 is 0 Å². The molecule has 11 heavy (non-hydrogen) atoms. The average Bonchev–Trinajstić information content (AvgIpc) is 2.35. The van der Waals surface area contributed by atoms with Crippen molar-refractivity contribution in [1.29, 1.82) is 0 Å². The van der Waals surface area contributed by atoms with Crippen LogP contribution in [0.1, 0.15) is 10.6 Å². The van der Waals surface area contributed by atoms with Gasteiger partial charge in [-0.25, -0.2) is 0 Å². The molecule has 0 atom stereocenters. The Labute approximate surface area is 68.9 Å². The molecule has 0 aliphatic heterocycles. The Hall–Kier alpha value is -0.700. The van der Waals surface area contributed by atoms with Crippen molar-refractivity contribution >= 4 is 16.7 Å². The largest absolute Gasteiger partial charge is 0.461 e. The van der Waals surface area contributed by atoms with Gasteiger partial charge in [-0.1, -0.05) is 0 Å². The molecule has 0 saturated heterocycles. The molecule has 0 fully saturated rings. The van der Waals surface area contributed by atoms with Crippen LogP contribution in [0, 0.1) is 0 Å².